The molecular formula is C8H12O8S. The molecule has 17 heavy (non-hydrogen) atoms. The summed E-state index contributed by atoms with van der Waals surface area (Å²) in [6.45, 7) is 1.39. The minimum absolute atomic E-state index is 0.139. The van der Waals surface area contributed by atoms with Crippen LogP contribution >= 0.6 is 12.6 Å². The van der Waals surface area contributed by atoms with Gasteiger partial charge in [0, 0.05) is 6.92 Å². The van der Waals surface area contributed by atoms with Gasteiger partial charge in [0.15, 0.2) is 10.7 Å². The van der Waals surface area contributed by atoms with Crippen LogP contribution in [0.2, 0.25) is 0 Å². The number of hydrogen-bond donors (Lipinski definition) is 5. The Bertz CT molecular complexity index is 303. The molecule has 0 aliphatic rings. The van der Waals surface area contributed by atoms with Crippen molar-refractivity contribution in [3.8, 4) is 0 Å². The van der Waals surface area contributed by atoms with Crippen LogP contribution in [0, 0.1) is 0 Å². The van der Waals surface area contributed by atoms with Gasteiger partial charge in [0.25, 0.3) is 0 Å². The van der Waals surface area contributed by atoms with Gasteiger partial charge in [-0.2, -0.15) is 0 Å². The molecule has 4 N–H and O–H groups in total. The van der Waals surface area contributed by atoms with E-state index in [4.69, 9.17) is 20.4 Å². The van der Waals surface area contributed by atoms with Crippen LogP contribution in [0.15, 0.2) is 0 Å². The van der Waals surface area contributed by atoms with Gasteiger partial charge in [-0.3, -0.25) is 14.4 Å². The van der Waals surface area contributed by atoms with E-state index in [-0.39, 0.29) is 5.12 Å². The summed E-state index contributed by atoms with van der Waals surface area (Å²) in [5.74, 6) is -5.02. The first kappa shape index (κ1) is 17.8. The summed E-state index contributed by atoms with van der Waals surface area (Å²) in [6.07, 6.45) is -2.29. The van der Waals surface area contributed by atoms with E-state index in [1.54, 1.807) is 0 Å². The Morgan fingerprint density at radius 3 is 1.35 bits per heavy atom. The van der Waals surface area contributed by atoms with Gasteiger partial charge in [0.2, 0.25) is 0 Å². The second kappa shape index (κ2) is 7.63. The van der Waals surface area contributed by atoms with Crippen molar-refractivity contribution < 1.29 is 39.6 Å². The molecule has 0 atom stereocenters. The number of thiol groups is 1. The minimum atomic E-state index is -2.74. The summed E-state index contributed by atoms with van der Waals surface area (Å²) in [5, 5.41) is 33.7. The maximum absolute atomic E-state index is 10.3. The van der Waals surface area contributed by atoms with E-state index in [2.05, 4.69) is 12.6 Å². The Hall–Kier alpha value is -1.61. The number of carboxylic acid groups (broad SMARTS) is 3. The predicted octanol–water partition coefficient (Wildman–Crippen LogP) is -0.786. The lowest BCUT2D eigenvalue weighted by molar-refractivity contribution is -0.170. The molecule has 0 amide bonds. The Morgan fingerprint density at radius 2 is 1.24 bits per heavy atom. The van der Waals surface area contributed by atoms with E-state index < -0.39 is 36.4 Å². The van der Waals surface area contributed by atoms with Crippen LogP contribution in [0.4, 0.5) is 0 Å². The number of aliphatic hydroxyl groups is 1. The smallest absolute Gasteiger partial charge is 0.336 e. The molecule has 8 nitrogen and oxygen atoms in total. The Balaban J connectivity index is 0. The molecule has 0 fully saturated rings. The lowest BCUT2D eigenvalue weighted by atomic mass is 9.96. The van der Waals surface area contributed by atoms with Gasteiger partial charge >= 0.3 is 17.9 Å². The highest BCUT2D eigenvalue weighted by Crippen LogP contribution is 2.15. The summed E-state index contributed by atoms with van der Waals surface area (Å²) >= 11 is 3.33. The van der Waals surface area contributed by atoms with Crippen LogP contribution in [0.25, 0.3) is 0 Å². The molecular weight excluding hydrogens is 256 g/mol. The normalized spacial score (nSPS) is 9.82. The summed E-state index contributed by atoms with van der Waals surface area (Å²) in [5.41, 5.74) is -2.74. The number of rotatable bonds is 5. The SMILES string of the molecule is CC(=O)S.O=C(O)CC(O)(CC(=O)O)C(=O)O. The number of hydrogen-bond acceptors (Lipinski definition) is 5. The third-order valence-electron chi connectivity index (χ3n) is 1.29. The predicted molar refractivity (Wildman–Crippen MR) is 56.8 cm³/mol. The molecule has 98 valence electrons. The first-order valence-electron chi connectivity index (χ1n) is 4.10. The fourth-order valence-corrected chi connectivity index (χ4v) is 0.714. The molecule has 0 unspecified atom stereocenters. The van der Waals surface area contributed by atoms with E-state index in [9.17, 15) is 19.2 Å². The molecule has 0 aliphatic carbocycles. The fourth-order valence-electron chi connectivity index (χ4n) is 0.714. The number of carbonyl (C=O) groups excluding carboxylic acids is 1. The van der Waals surface area contributed by atoms with Gasteiger partial charge < -0.3 is 20.4 Å². The minimum Gasteiger partial charge on any atom is -0.481 e. The molecule has 0 bridgehead atoms. The van der Waals surface area contributed by atoms with Crippen LogP contribution in [0.5, 0.6) is 0 Å². The highest BCUT2D eigenvalue weighted by molar-refractivity contribution is 7.96. The molecule has 0 aromatic heterocycles. The van der Waals surface area contributed by atoms with Crippen molar-refractivity contribution in [3.05, 3.63) is 0 Å². The van der Waals surface area contributed by atoms with Crippen molar-refractivity contribution in [2.45, 2.75) is 25.4 Å². The molecule has 0 saturated heterocycles. The lowest BCUT2D eigenvalue weighted by Gasteiger charge is -2.18. The standard InChI is InChI=1S/C6H8O7.C2H4OS/c7-3(8)1-6(13,5(11)12)2-4(9)10;1-2(3)4/h13H,1-2H2,(H,7,8)(H,9,10)(H,11,12);1H3,(H,3,4). The van der Waals surface area contributed by atoms with Crippen molar-refractivity contribution in [2.24, 2.45) is 0 Å². The van der Waals surface area contributed by atoms with Gasteiger partial charge in [0.05, 0.1) is 12.8 Å². The average molecular weight is 268 g/mol. The maximum atomic E-state index is 10.3. The fraction of sp³-hybridized carbons (Fsp3) is 0.500. The first-order valence-corrected chi connectivity index (χ1v) is 4.55. The van der Waals surface area contributed by atoms with Crippen LogP contribution < -0.4 is 0 Å². The van der Waals surface area contributed by atoms with Crippen LogP contribution in [0.1, 0.15) is 19.8 Å². The zero-order chi connectivity index (χ0) is 14.2. The number of carboxylic acids is 3. The Morgan fingerprint density at radius 1 is 1.00 bits per heavy atom. The van der Waals surface area contributed by atoms with Crippen LogP contribution in [-0.2, 0) is 19.2 Å². The quantitative estimate of drug-likeness (QED) is 0.407. The van der Waals surface area contributed by atoms with Crippen molar-refractivity contribution in [1.29, 1.82) is 0 Å². The highest BCUT2D eigenvalue weighted by atomic mass is 32.1. The summed E-state index contributed by atoms with van der Waals surface area (Å²) in [6, 6.07) is 0. The lowest BCUT2D eigenvalue weighted by Crippen LogP contribution is -2.42. The molecule has 0 rings (SSSR count). The van der Waals surface area contributed by atoms with Gasteiger partial charge in [-0.05, 0) is 0 Å². The van der Waals surface area contributed by atoms with E-state index in [1.807, 2.05) is 0 Å². The highest BCUT2D eigenvalue weighted by Gasteiger charge is 2.40. The number of aliphatic carboxylic acids is 3. The molecule has 0 radical (unpaired) electrons. The van der Waals surface area contributed by atoms with Crippen LogP contribution in [0.3, 0.4) is 0 Å². The van der Waals surface area contributed by atoms with Gasteiger partial charge in [-0.25, -0.2) is 4.79 Å². The van der Waals surface area contributed by atoms with Crippen molar-refractivity contribution >= 4 is 35.7 Å². The third kappa shape index (κ3) is 10.7. The molecule has 9 heteroatoms. The first-order chi connectivity index (χ1) is 7.51. The molecule has 0 aromatic carbocycles. The van der Waals surface area contributed by atoms with E-state index in [0.717, 1.165) is 0 Å². The molecule has 0 aliphatic heterocycles. The largest absolute Gasteiger partial charge is 0.481 e. The van der Waals surface area contributed by atoms with E-state index in [0.29, 0.717) is 0 Å². The second-order valence-corrected chi connectivity index (χ2v) is 3.63. The van der Waals surface area contributed by atoms with Crippen molar-refractivity contribution in [2.75, 3.05) is 0 Å². The Kier molecular flexibility index (Phi) is 7.98. The zero-order valence-corrected chi connectivity index (χ0v) is 9.68. The second-order valence-electron chi connectivity index (χ2n) is 3.00. The monoisotopic (exact) mass is 268 g/mol. The summed E-state index contributed by atoms with van der Waals surface area (Å²) in [7, 11) is 0. The molecule has 0 heterocycles. The Labute approximate surface area is 101 Å². The molecule has 0 saturated carbocycles. The topological polar surface area (TPSA) is 149 Å². The maximum Gasteiger partial charge on any atom is 0.336 e. The van der Waals surface area contributed by atoms with Gasteiger partial charge in [-0.15, -0.1) is 12.6 Å². The van der Waals surface area contributed by atoms with Gasteiger partial charge in [0.1, 0.15) is 0 Å². The zero-order valence-electron chi connectivity index (χ0n) is 8.78. The van der Waals surface area contributed by atoms with E-state index in [1.165, 1.54) is 6.92 Å². The summed E-state index contributed by atoms with van der Waals surface area (Å²) < 4.78 is 0. The summed E-state index contributed by atoms with van der Waals surface area (Å²) in [4.78, 5) is 39.8. The van der Waals surface area contributed by atoms with E-state index >= 15 is 0 Å². The number of carbonyl (C=O) groups is 4. The molecule has 0 aromatic rings. The van der Waals surface area contributed by atoms with Crippen molar-refractivity contribution in [1.82, 2.24) is 0 Å². The van der Waals surface area contributed by atoms with Gasteiger partial charge in [-0.1, -0.05) is 0 Å². The van der Waals surface area contributed by atoms with Crippen LogP contribution in [-0.4, -0.2) is 49.1 Å². The average Bonchev–Trinajstić information content (AvgIpc) is 1.98. The third-order valence-corrected chi connectivity index (χ3v) is 1.29. The molecule has 0 spiro atoms. The van der Waals surface area contributed by atoms with Crippen molar-refractivity contribution in [3.63, 3.8) is 0 Å².